The minimum atomic E-state index is -0.370. The zero-order valence-corrected chi connectivity index (χ0v) is 12.9. The molecule has 2 aliphatic heterocycles. The predicted octanol–water partition coefficient (Wildman–Crippen LogP) is 0.527. The van der Waals surface area contributed by atoms with Gasteiger partial charge in [-0.15, -0.1) is 0 Å². The van der Waals surface area contributed by atoms with Gasteiger partial charge in [-0.2, -0.15) is 0 Å². The second kappa shape index (κ2) is 6.28. The molecule has 23 heavy (non-hydrogen) atoms. The van der Waals surface area contributed by atoms with Crippen LogP contribution in [0.1, 0.15) is 12.0 Å². The van der Waals surface area contributed by atoms with Gasteiger partial charge in [0, 0.05) is 13.1 Å². The highest BCUT2D eigenvalue weighted by Crippen LogP contribution is 2.19. The molecule has 2 saturated heterocycles. The third-order valence-electron chi connectivity index (χ3n) is 4.20. The van der Waals surface area contributed by atoms with Crippen LogP contribution in [0, 0.1) is 6.92 Å². The molecule has 0 bridgehead atoms. The van der Waals surface area contributed by atoms with Gasteiger partial charge in [0.2, 0.25) is 5.91 Å². The Morgan fingerprint density at radius 1 is 1.35 bits per heavy atom. The number of urea groups is 1. The number of hydrogen-bond acceptors (Lipinski definition) is 4. The molecule has 1 unspecified atom stereocenters. The first-order chi connectivity index (χ1) is 11.1. The van der Waals surface area contributed by atoms with Gasteiger partial charge in [-0.25, -0.2) is 4.79 Å². The van der Waals surface area contributed by atoms with E-state index in [9.17, 15) is 14.4 Å². The number of ether oxygens (including phenoxy) is 1. The Balaban J connectivity index is 1.54. The van der Waals surface area contributed by atoms with Crippen LogP contribution >= 0.6 is 0 Å². The number of carbonyl (C=O) groups is 3. The Hall–Kier alpha value is -2.57. The number of amides is 4. The number of imide groups is 1. The molecule has 0 saturated carbocycles. The summed E-state index contributed by atoms with van der Waals surface area (Å²) in [6, 6.07) is 6.90. The van der Waals surface area contributed by atoms with Crippen molar-refractivity contribution in [2.45, 2.75) is 19.4 Å². The standard InChI is InChI=1S/C16H19N3O4/c1-11-4-2-3-5-13(11)23-10-15(21)18-7-6-12(9-18)19-14(20)8-17-16(19)22/h2-5,12H,6-10H2,1H3,(H,17,22). The van der Waals surface area contributed by atoms with Crippen molar-refractivity contribution >= 4 is 17.8 Å². The second-order valence-corrected chi connectivity index (χ2v) is 5.76. The third-order valence-corrected chi connectivity index (χ3v) is 4.20. The molecule has 2 aliphatic rings. The van der Waals surface area contributed by atoms with Gasteiger partial charge in [-0.1, -0.05) is 18.2 Å². The highest BCUT2D eigenvalue weighted by molar-refractivity contribution is 6.02. The predicted molar refractivity (Wildman–Crippen MR) is 81.9 cm³/mol. The largest absolute Gasteiger partial charge is 0.484 e. The van der Waals surface area contributed by atoms with Crippen LogP contribution in [-0.4, -0.2) is 59.9 Å². The molecule has 0 aromatic heterocycles. The average molecular weight is 317 g/mol. The van der Waals surface area contributed by atoms with Gasteiger partial charge < -0.3 is 15.0 Å². The first-order valence-corrected chi connectivity index (χ1v) is 7.62. The molecule has 0 radical (unpaired) electrons. The van der Waals surface area contributed by atoms with E-state index in [1.807, 2.05) is 31.2 Å². The number of carbonyl (C=O) groups excluding carboxylic acids is 3. The van der Waals surface area contributed by atoms with E-state index < -0.39 is 0 Å². The molecule has 1 atom stereocenters. The number of aryl methyl sites for hydroxylation is 1. The molecule has 3 rings (SSSR count). The molecule has 7 nitrogen and oxygen atoms in total. The van der Waals surface area contributed by atoms with Gasteiger partial charge in [-0.3, -0.25) is 14.5 Å². The molecule has 2 fully saturated rings. The van der Waals surface area contributed by atoms with Crippen molar-refractivity contribution in [2.75, 3.05) is 26.2 Å². The lowest BCUT2D eigenvalue weighted by molar-refractivity contribution is -0.133. The van der Waals surface area contributed by atoms with Crippen LogP contribution in [0.5, 0.6) is 5.75 Å². The van der Waals surface area contributed by atoms with Crippen LogP contribution in [0.2, 0.25) is 0 Å². The summed E-state index contributed by atoms with van der Waals surface area (Å²) >= 11 is 0. The number of likely N-dealkylation sites (tertiary alicyclic amines) is 1. The molecular formula is C16H19N3O4. The van der Waals surface area contributed by atoms with E-state index in [0.29, 0.717) is 25.3 Å². The van der Waals surface area contributed by atoms with Crippen molar-refractivity contribution in [1.29, 1.82) is 0 Å². The Morgan fingerprint density at radius 3 is 2.83 bits per heavy atom. The maximum absolute atomic E-state index is 12.3. The van der Waals surface area contributed by atoms with E-state index in [-0.39, 0.29) is 37.0 Å². The molecule has 4 amide bonds. The quantitative estimate of drug-likeness (QED) is 0.822. The fourth-order valence-corrected chi connectivity index (χ4v) is 2.93. The first kappa shape index (κ1) is 15.3. The van der Waals surface area contributed by atoms with E-state index in [0.717, 1.165) is 5.56 Å². The lowest BCUT2D eigenvalue weighted by Gasteiger charge is -2.21. The van der Waals surface area contributed by atoms with Gasteiger partial charge in [0.05, 0.1) is 12.6 Å². The summed E-state index contributed by atoms with van der Waals surface area (Å²) in [6.45, 7) is 2.81. The monoisotopic (exact) mass is 317 g/mol. The molecule has 2 heterocycles. The van der Waals surface area contributed by atoms with Gasteiger partial charge in [0.1, 0.15) is 5.75 Å². The SMILES string of the molecule is Cc1ccccc1OCC(=O)N1CCC(N2C(=O)CNC2=O)C1. The minimum Gasteiger partial charge on any atom is -0.484 e. The van der Waals surface area contributed by atoms with Crippen LogP contribution in [-0.2, 0) is 9.59 Å². The van der Waals surface area contributed by atoms with Gasteiger partial charge in [0.25, 0.3) is 5.91 Å². The zero-order valence-electron chi connectivity index (χ0n) is 12.9. The maximum Gasteiger partial charge on any atom is 0.324 e. The van der Waals surface area contributed by atoms with Crippen molar-refractivity contribution in [1.82, 2.24) is 15.1 Å². The van der Waals surface area contributed by atoms with Gasteiger partial charge in [-0.05, 0) is 25.0 Å². The summed E-state index contributed by atoms with van der Waals surface area (Å²) in [7, 11) is 0. The van der Waals surface area contributed by atoms with E-state index >= 15 is 0 Å². The number of benzene rings is 1. The Morgan fingerprint density at radius 2 is 2.13 bits per heavy atom. The van der Waals surface area contributed by atoms with E-state index in [1.165, 1.54) is 4.90 Å². The van der Waals surface area contributed by atoms with Crippen LogP contribution in [0.25, 0.3) is 0 Å². The molecule has 0 spiro atoms. The number of para-hydroxylation sites is 1. The van der Waals surface area contributed by atoms with E-state index in [4.69, 9.17) is 4.74 Å². The van der Waals surface area contributed by atoms with Gasteiger partial charge >= 0.3 is 6.03 Å². The van der Waals surface area contributed by atoms with Crippen LogP contribution in [0.15, 0.2) is 24.3 Å². The summed E-state index contributed by atoms with van der Waals surface area (Å²) in [4.78, 5) is 38.5. The fourth-order valence-electron chi connectivity index (χ4n) is 2.93. The molecule has 1 aromatic carbocycles. The highest BCUT2D eigenvalue weighted by Gasteiger charge is 2.39. The van der Waals surface area contributed by atoms with Crippen molar-refractivity contribution in [3.8, 4) is 5.75 Å². The smallest absolute Gasteiger partial charge is 0.324 e. The van der Waals surface area contributed by atoms with Crippen LogP contribution < -0.4 is 10.1 Å². The lowest BCUT2D eigenvalue weighted by Crippen LogP contribution is -2.43. The number of nitrogens with one attached hydrogen (secondary N) is 1. The number of hydrogen-bond donors (Lipinski definition) is 1. The number of nitrogens with zero attached hydrogens (tertiary/aromatic N) is 2. The summed E-state index contributed by atoms with van der Waals surface area (Å²) in [6.07, 6.45) is 0.606. The average Bonchev–Trinajstić information content (AvgIpc) is 3.13. The topological polar surface area (TPSA) is 79.0 Å². The zero-order chi connectivity index (χ0) is 16.4. The summed E-state index contributed by atoms with van der Waals surface area (Å²) in [5, 5.41) is 2.50. The normalized spacial score (nSPS) is 20.8. The van der Waals surface area contributed by atoms with Crippen molar-refractivity contribution < 1.29 is 19.1 Å². The molecular weight excluding hydrogens is 298 g/mol. The number of rotatable bonds is 4. The Labute approximate surface area is 134 Å². The van der Waals surface area contributed by atoms with E-state index in [1.54, 1.807) is 4.90 Å². The van der Waals surface area contributed by atoms with Crippen molar-refractivity contribution in [2.24, 2.45) is 0 Å². The van der Waals surface area contributed by atoms with Crippen LogP contribution in [0.3, 0.4) is 0 Å². The van der Waals surface area contributed by atoms with Crippen molar-refractivity contribution in [3.63, 3.8) is 0 Å². The Kier molecular flexibility index (Phi) is 4.18. The Bertz CT molecular complexity index is 630. The fraction of sp³-hybridized carbons (Fsp3) is 0.438. The van der Waals surface area contributed by atoms with Crippen molar-refractivity contribution in [3.05, 3.63) is 29.8 Å². The molecule has 122 valence electrons. The molecule has 7 heteroatoms. The molecule has 1 aromatic rings. The summed E-state index contributed by atoms with van der Waals surface area (Å²) < 4.78 is 5.56. The van der Waals surface area contributed by atoms with Crippen LogP contribution in [0.4, 0.5) is 4.79 Å². The highest BCUT2D eigenvalue weighted by atomic mass is 16.5. The van der Waals surface area contributed by atoms with Gasteiger partial charge in [0.15, 0.2) is 6.61 Å². The lowest BCUT2D eigenvalue weighted by atomic mass is 10.2. The molecule has 0 aliphatic carbocycles. The maximum atomic E-state index is 12.3. The summed E-state index contributed by atoms with van der Waals surface area (Å²) in [5.41, 5.74) is 0.971. The third kappa shape index (κ3) is 3.13. The summed E-state index contributed by atoms with van der Waals surface area (Å²) in [5.74, 6) is 0.318. The molecule has 1 N–H and O–H groups in total. The minimum absolute atomic E-state index is 0.0413. The van der Waals surface area contributed by atoms with E-state index in [2.05, 4.69) is 5.32 Å². The first-order valence-electron chi connectivity index (χ1n) is 7.62. The second-order valence-electron chi connectivity index (χ2n) is 5.76.